The van der Waals surface area contributed by atoms with Crippen molar-refractivity contribution < 1.29 is 9.18 Å². The third kappa shape index (κ3) is 7.44. The molecule has 1 aromatic heterocycles. The van der Waals surface area contributed by atoms with Crippen molar-refractivity contribution in [2.45, 2.75) is 58.5 Å². The number of hydrogen-bond donors (Lipinski definition) is 3. The van der Waals surface area contributed by atoms with E-state index < -0.39 is 11.7 Å². The highest BCUT2D eigenvalue weighted by Crippen LogP contribution is 2.21. The van der Waals surface area contributed by atoms with E-state index in [1.54, 1.807) is 18.5 Å². The summed E-state index contributed by atoms with van der Waals surface area (Å²) < 4.78 is 13.8. The Morgan fingerprint density at radius 1 is 1.16 bits per heavy atom. The Morgan fingerprint density at radius 2 is 1.81 bits per heavy atom. The van der Waals surface area contributed by atoms with Crippen molar-refractivity contribution in [1.29, 1.82) is 0 Å². The smallest absolute Gasteiger partial charge is 0.280 e. The molecule has 172 valence electrons. The summed E-state index contributed by atoms with van der Waals surface area (Å²) in [7, 11) is 0. The van der Waals surface area contributed by atoms with Crippen LogP contribution in [0, 0.1) is 11.2 Å². The van der Waals surface area contributed by atoms with Gasteiger partial charge in [0.05, 0.1) is 5.02 Å². The number of carbonyl (C=O) groups is 1. The van der Waals surface area contributed by atoms with Gasteiger partial charge in [0, 0.05) is 36.6 Å². The molecule has 0 saturated heterocycles. The molecule has 1 aliphatic rings. The second-order valence-corrected chi connectivity index (χ2v) is 9.63. The fourth-order valence-corrected chi connectivity index (χ4v) is 3.52. The summed E-state index contributed by atoms with van der Waals surface area (Å²) in [6, 6.07) is 6.21. The van der Waals surface area contributed by atoms with Crippen LogP contribution in [0.2, 0.25) is 5.02 Å². The lowest BCUT2D eigenvalue weighted by molar-refractivity contribution is 0.100. The lowest BCUT2D eigenvalue weighted by atomic mass is 9.91. The van der Waals surface area contributed by atoms with Crippen molar-refractivity contribution in [3.05, 3.63) is 53.1 Å². The van der Waals surface area contributed by atoms with Gasteiger partial charge in [-0.05, 0) is 55.4 Å². The molecule has 9 heteroatoms. The largest absolute Gasteiger partial charge is 0.355 e. The SMILES string of the molecule is CC(C)(C)CN/C(=N/C(=O)c1ccc(Cl)c(F)c1)N[C@H]1CC[C@H](Nc2ncccn2)CC1. The summed E-state index contributed by atoms with van der Waals surface area (Å²) in [4.78, 5) is 25.3. The molecule has 0 unspecified atom stereocenters. The van der Waals surface area contributed by atoms with Gasteiger partial charge in [0.15, 0.2) is 5.96 Å². The highest BCUT2D eigenvalue weighted by Gasteiger charge is 2.23. The molecule has 1 aromatic carbocycles. The van der Waals surface area contributed by atoms with Crippen LogP contribution in [0.25, 0.3) is 0 Å². The lowest BCUT2D eigenvalue weighted by Gasteiger charge is -2.31. The van der Waals surface area contributed by atoms with Crippen LogP contribution in [0.5, 0.6) is 0 Å². The van der Waals surface area contributed by atoms with Crippen LogP contribution in [0.15, 0.2) is 41.7 Å². The zero-order valence-electron chi connectivity index (χ0n) is 18.7. The van der Waals surface area contributed by atoms with Crippen molar-refractivity contribution in [2.24, 2.45) is 10.4 Å². The zero-order valence-corrected chi connectivity index (χ0v) is 19.4. The number of nitrogens with one attached hydrogen (secondary N) is 3. The van der Waals surface area contributed by atoms with Crippen LogP contribution in [0.4, 0.5) is 10.3 Å². The monoisotopic (exact) mass is 460 g/mol. The number of rotatable bonds is 5. The standard InChI is InChI=1S/C23H30ClFN6O/c1-23(2,3)14-28-22(31-20(32)15-5-10-18(24)19(25)13-15)30-17-8-6-16(7-9-17)29-21-26-11-4-12-27-21/h4-5,10-13,16-17H,6-9,14H2,1-3H3,(H,26,27,29)(H2,28,30,31,32)/t16-,17-. The molecule has 3 rings (SSSR count). The minimum atomic E-state index is -0.641. The Kier molecular flexibility index (Phi) is 8.01. The van der Waals surface area contributed by atoms with Crippen LogP contribution < -0.4 is 16.0 Å². The molecule has 0 spiro atoms. The highest BCUT2D eigenvalue weighted by atomic mass is 35.5. The summed E-state index contributed by atoms with van der Waals surface area (Å²) in [6.45, 7) is 6.91. The second kappa shape index (κ2) is 10.7. The van der Waals surface area contributed by atoms with Gasteiger partial charge in [-0.25, -0.2) is 14.4 Å². The van der Waals surface area contributed by atoms with Crippen molar-refractivity contribution >= 4 is 29.4 Å². The van der Waals surface area contributed by atoms with E-state index in [1.165, 1.54) is 12.1 Å². The molecule has 32 heavy (non-hydrogen) atoms. The van der Waals surface area contributed by atoms with Crippen LogP contribution in [-0.4, -0.2) is 40.5 Å². The molecule has 0 radical (unpaired) electrons. The van der Waals surface area contributed by atoms with Gasteiger partial charge in [-0.3, -0.25) is 4.79 Å². The van der Waals surface area contributed by atoms with Crippen LogP contribution >= 0.6 is 11.6 Å². The van der Waals surface area contributed by atoms with Crippen molar-refractivity contribution in [2.75, 3.05) is 11.9 Å². The van der Waals surface area contributed by atoms with Crippen molar-refractivity contribution in [3.63, 3.8) is 0 Å². The first-order chi connectivity index (χ1) is 15.2. The number of anilines is 1. The first-order valence-corrected chi connectivity index (χ1v) is 11.2. The number of benzene rings is 1. The van der Waals surface area contributed by atoms with Crippen LogP contribution in [0.1, 0.15) is 56.8 Å². The predicted octanol–water partition coefficient (Wildman–Crippen LogP) is 4.41. The first-order valence-electron chi connectivity index (χ1n) is 10.8. The number of halogens is 2. The van der Waals surface area contributed by atoms with E-state index in [1.807, 2.05) is 0 Å². The number of carbonyl (C=O) groups excluding carboxylic acids is 1. The second-order valence-electron chi connectivity index (χ2n) is 9.22. The lowest BCUT2D eigenvalue weighted by Crippen LogP contribution is -2.48. The normalized spacial score (nSPS) is 19.3. The molecular weight excluding hydrogens is 431 g/mol. The fraction of sp³-hybridized carbons (Fsp3) is 0.478. The maximum atomic E-state index is 13.8. The minimum Gasteiger partial charge on any atom is -0.355 e. The zero-order chi connectivity index (χ0) is 23.1. The quantitative estimate of drug-likeness (QED) is 0.452. The third-order valence-electron chi connectivity index (χ3n) is 5.13. The Hall–Kier alpha value is -2.74. The van der Waals surface area contributed by atoms with Crippen LogP contribution in [0.3, 0.4) is 0 Å². The molecule has 0 aliphatic heterocycles. The molecule has 1 saturated carbocycles. The van der Waals surface area contributed by atoms with Gasteiger partial charge < -0.3 is 16.0 Å². The highest BCUT2D eigenvalue weighted by molar-refractivity contribution is 6.30. The first kappa shape index (κ1) is 23.9. The maximum absolute atomic E-state index is 13.8. The number of amides is 1. The predicted molar refractivity (Wildman–Crippen MR) is 125 cm³/mol. The molecule has 2 aromatic rings. The summed E-state index contributed by atoms with van der Waals surface area (Å²) >= 11 is 5.72. The van der Waals surface area contributed by atoms with Gasteiger partial charge in [0.1, 0.15) is 5.82 Å². The average molecular weight is 461 g/mol. The van der Waals surface area contributed by atoms with Crippen LogP contribution in [-0.2, 0) is 0 Å². The fourth-order valence-electron chi connectivity index (χ4n) is 3.40. The molecule has 0 bridgehead atoms. The van der Waals surface area contributed by atoms with E-state index in [-0.39, 0.29) is 22.0 Å². The summed E-state index contributed by atoms with van der Waals surface area (Å²) in [5.74, 6) is -0.124. The van der Waals surface area contributed by atoms with E-state index >= 15 is 0 Å². The minimum absolute atomic E-state index is 0.00482. The Labute approximate surface area is 193 Å². The third-order valence-corrected chi connectivity index (χ3v) is 5.44. The van der Waals surface area contributed by atoms with Gasteiger partial charge in [-0.1, -0.05) is 32.4 Å². The number of aromatic nitrogens is 2. The van der Waals surface area contributed by atoms with E-state index in [2.05, 4.69) is 51.7 Å². The van der Waals surface area contributed by atoms with E-state index in [4.69, 9.17) is 11.6 Å². The summed E-state index contributed by atoms with van der Waals surface area (Å²) in [5.41, 5.74) is 0.148. The van der Waals surface area contributed by atoms with Gasteiger partial charge in [-0.15, -0.1) is 0 Å². The van der Waals surface area contributed by atoms with Gasteiger partial charge in [-0.2, -0.15) is 4.99 Å². The Morgan fingerprint density at radius 3 is 2.44 bits per heavy atom. The Balaban J connectivity index is 1.63. The summed E-state index contributed by atoms with van der Waals surface area (Å²) in [5, 5.41) is 9.97. The topological polar surface area (TPSA) is 91.3 Å². The molecule has 0 atom stereocenters. The number of aliphatic imine (C=N–C) groups is 1. The average Bonchev–Trinajstić information content (AvgIpc) is 2.75. The van der Waals surface area contributed by atoms with Crippen molar-refractivity contribution in [1.82, 2.24) is 20.6 Å². The van der Waals surface area contributed by atoms with Gasteiger partial charge >= 0.3 is 0 Å². The van der Waals surface area contributed by atoms with E-state index in [9.17, 15) is 9.18 Å². The molecular formula is C23H30ClFN6O. The molecule has 3 N–H and O–H groups in total. The van der Waals surface area contributed by atoms with E-state index in [0.29, 0.717) is 24.5 Å². The van der Waals surface area contributed by atoms with Gasteiger partial charge in [0.2, 0.25) is 5.95 Å². The van der Waals surface area contributed by atoms with Gasteiger partial charge in [0.25, 0.3) is 5.91 Å². The maximum Gasteiger partial charge on any atom is 0.280 e. The number of hydrogen-bond acceptors (Lipinski definition) is 4. The molecule has 1 fully saturated rings. The molecule has 1 heterocycles. The van der Waals surface area contributed by atoms with Crippen molar-refractivity contribution in [3.8, 4) is 0 Å². The number of guanidine groups is 1. The molecule has 1 aliphatic carbocycles. The molecule has 1 amide bonds. The summed E-state index contributed by atoms with van der Waals surface area (Å²) in [6.07, 6.45) is 7.14. The number of nitrogens with zero attached hydrogens (tertiary/aromatic N) is 3. The van der Waals surface area contributed by atoms with E-state index in [0.717, 1.165) is 31.7 Å². The Bertz CT molecular complexity index is 939. The molecule has 7 nitrogen and oxygen atoms in total.